The lowest BCUT2D eigenvalue weighted by Gasteiger charge is -2.30. The van der Waals surface area contributed by atoms with Crippen molar-refractivity contribution in [3.8, 4) is 0 Å². The molecule has 4 nitrogen and oxygen atoms in total. The van der Waals surface area contributed by atoms with Crippen LogP contribution >= 0.6 is 35.0 Å². The number of hydrogen-bond donors (Lipinski definition) is 1. The first kappa shape index (κ1) is 25.5. The zero-order valence-electron chi connectivity index (χ0n) is 17.8. The van der Waals surface area contributed by atoms with Crippen molar-refractivity contribution in [2.45, 2.75) is 51.6 Å². The summed E-state index contributed by atoms with van der Waals surface area (Å²) in [5, 5.41) is 3.78. The average molecular weight is 485 g/mol. The standard InChI is InChI=1S/C23H27Cl2FN2O2S/c1-4-15(2)27-23(30)16(3)28(12-17-8-5-6-9-19(17)24)22(29)14-31-13-18-20(25)10-7-11-21(18)26/h5-11,15-16H,4,12-14H2,1-3H3,(H,27,30). The Kier molecular flexibility index (Phi) is 10.1. The summed E-state index contributed by atoms with van der Waals surface area (Å²) in [5.74, 6) is -0.525. The van der Waals surface area contributed by atoms with Crippen LogP contribution in [0.4, 0.5) is 4.39 Å². The maximum Gasteiger partial charge on any atom is 0.242 e. The number of amides is 2. The van der Waals surface area contributed by atoms with Crippen LogP contribution in [0.2, 0.25) is 10.0 Å². The van der Waals surface area contributed by atoms with Crippen molar-refractivity contribution in [1.29, 1.82) is 0 Å². The Morgan fingerprint density at radius 1 is 1.10 bits per heavy atom. The Labute approximate surface area is 197 Å². The molecule has 0 spiro atoms. The number of nitrogens with zero attached hydrogens (tertiary/aromatic N) is 1. The molecule has 2 unspecified atom stereocenters. The lowest BCUT2D eigenvalue weighted by Crippen LogP contribution is -2.50. The van der Waals surface area contributed by atoms with E-state index in [1.807, 2.05) is 32.0 Å². The molecule has 0 bridgehead atoms. The molecule has 1 N–H and O–H groups in total. The minimum Gasteiger partial charge on any atom is -0.352 e. The maximum atomic E-state index is 14.0. The van der Waals surface area contributed by atoms with Gasteiger partial charge >= 0.3 is 0 Å². The van der Waals surface area contributed by atoms with E-state index in [2.05, 4.69) is 5.32 Å². The van der Waals surface area contributed by atoms with Crippen molar-refractivity contribution in [2.24, 2.45) is 0 Å². The summed E-state index contributed by atoms with van der Waals surface area (Å²) in [6.45, 7) is 5.80. The fourth-order valence-corrected chi connectivity index (χ4v) is 4.30. The molecular weight excluding hydrogens is 458 g/mol. The van der Waals surface area contributed by atoms with Crippen molar-refractivity contribution in [3.05, 3.63) is 69.5 Å². The molecule has 0 saturated heterocycles. The highest BCUT2D eigenvalue weighted by Crippen LogP contribution is 2.25. The van der Waals surface area contributed by atoms with Crippen molar-refractivity contribution in [3.63, 3.8) is 0 Å². The second-order valence-corrected chi connectivity index (χ2v) is 9.10. The van der Waals surface area contributed by atoms with Gasteiger partial charge in [-0.15, -0.1) is 11.8 Å². The number of benzene rings is 2. The molecule has 31 heavy (non-hydrogen) atoms. The molecule has 0 fully saturated rings. The van der Waals surface area contributed by atoms with Crippen LogP contribution in [0.15, 0.2) is 42.5 Å². The molecule has 168 valence electrons. The summed E-state index contributed by atoms with van der Waals surface area (Å²) < 4.78 is 14.0. The first-order valence-corrected chi connectivity index (χ1v) is 12.0. The molecule has 2 atom stereocenters. The number of carbonyl (C=O) groups is 2. The second-order valence-electron chi connectivity index (χ2n) is 7.30. The molecule has 2 aromatic carbocycles. The van der Waals surface area contributed by atoms with Crippen LogP contribution in [0.25, 0.3) is 0 Å². The number of thioether (sulfide) groups is 1. The van der Waals surface area contributed by atoms with Crippen molar-refractivity contribution >= 4 is 46.8 Å². The van der Waals surface area contributed by atoms with E-state index in [4.69, 9.17) is 23.2 Å². The van der Waals surface area contributed by atoms with E-state index in [0.717, 1.165) is 12.0 Å². The minimum atomic E-state index is -0.685. The first-order valence-electron chi connectivity index (χ1n) is 10.1. The fourth-order valence-electron chi connectivity index (χ4n) is 2.85. The molecule has 0 saturated carbocycles. The van der Waals surface area contributed by atoms with Crippen molar-refractivity contribution in [2.75, 3.05) is 5.75 Å². The van der Waals surface area contributed by atoms with E-state index in [0.29, 0.717) is 15.6 Å². The topological polar surface area (TPSA) is 49.4 Å². The Morgan fingerprint density at radius 3 is 2.42 bits per heavy atom. The zero-order valence-corrected chi connectivity index (χ0v) is 20.2. The quantitative estimate of drug-likeness (QED) is 0.470. The molecule has 8 heteroatoms. The molecule has 0 aliphatic heterocycles. The van der Waals surface area contributed by atoms with Crippen LogP contribution in [0.5, 0.6) is 0 Å². The van der Waals surface area contributed by atoms with Gasteiger partial charge in [0.2, 0.25) is 11.8 Å². The summed E-state index contributed by atoms with van der Waals surface area (Å²) in [6.07, 6.45) is 0.788. The Hall–Kier alpha value is -1.76. The third kappa shape index (κ3) is 7.41. The van der Waals surface area contributed by atoms with Gasteiger partial charge in [0.1, 0.15) is 11.9 Å². The highest BCUT2D eigenvalue weighted by Gasteiger charge is 2.27. The van der Waals surface area contributed by atoms with Crippen LogP contribution in [-0.4, -0.2) is 34.6 Å². The largest absolute Gasteiger partial charge is 0.352 e. The van der Waals surface area contributed by atoms with Crippen LogP contribution < -0.4 is 5.32 Å². The third-order valence-electron chi connectivity index (χ3n) is 5.00. The monoisotopic (exact) mass is 484 g/mol. The number of carbonyl (C=O) groups excluding carboxylic acids is 2. The molecule has 0 radical (unpaired) electrons. The van der Waals surface area contributed by atoms with Crippen LogP contribution in [-0.2, 0) is 21.9 Å². The molecule has 2 aromatic rings. The fraction of sp³-hybridized carbons (Fsp3) is 0.391. The first-order chi connectivity index (χ1) is 14.7. The Balaban J connectivity index is 2.13. The van der Waals surface area contributed by atoms with Gasteiger partial charge < -0.3 is 10.2 Å². The maximum absolute atomic E-state index is 14.0. The number of halogens is 3. The van der Waals surface area contributed by atoms with Gasteiger partial charge in [0, 0.05) is 33.9 Å². The molecule has 0 aliphatic rings. The van der Waals surface area contributed by atoms with Crippen LogP contribution in [0.1, 0.15) is 38.3 Å². The van der Waals surface area contributed by atoms with Gasteiger partial charge in [-0.1, -0.05) is 54.4 Å². The highest BCUT2D eigenvalue weighted by molar-refractivity contribution is 7.99. The normalized spacial score (nSPS) is 12.8. The predicted octanol–water partition coefficient (Wildman–Crippen LogP) is 5.70. The number of hydrogen-bond acceptors (Lipinski definition) is 3. The van der Waals surface area contributed by atoms with Gasteiger partial charge in [-0.2, -0.15) is 0 Å². The number of rotatable bonds is 10. The third-order valence-corrected chi connectivity index (χ3v) is 6.67. The van der Waals surface area contributed by atoms with E-state index in [1.54, 1.807) is 25.1 Å². The van der Waals surface area contributed by atoms with Gasteiger partial charge in [-0.3, -0.25) is 9.59 Å². The van der Waals surface area contributed by atoms with E-state index >= 15 is 0 Å². The summed E-state index contributed by atoms with van der Waals surface area (Å²) in [5.41, 5.74) is 1.12. The van der Waals surface area contributed by atoms with Crippen molar-refractivity contribution < 1.29 is 14.0 Å². The van der Waals surface area contributed by atoms with E-state index in [-0.39, 0.29) is 35.9 Å². The summed E-state index contributed by atoms with van der Waals surface area (Å²) >= 11 is 13.6. The van der Waals surface area contributed by atoms with Crippen LogP contribution in [0, 0.1) is 5.82 Å². The lowest BCUT2D eigenvalue weighted by molar-refractivity contribution is -0.138. The van der Waals surface area contributed by atoms with Gasteiger partial charge in [-0.25, -0.2) is 4.39 Å². The van der Waals surface area contributed by atoms with Crippen molar-refractivity contribution in [1.82, 2.24) is 10.2 Å². The molecule has 0 heterocycles. The smallest absolute Gasteiger partial charge is 0.242 e. The summed E-state index contributed by atoms with van der Waals surface area (Å²) in [4.78, 5) is 27.3. The van der Waals surface area contributed by atoms with Gasteiger partial charge in [-0.05, 0) is 44.0 Å². The summed E-state index contributed by atoms with van der Waals surface area (Å²) in [7, 11) is 0. The molecular formula is C23H27Cl2FN2O2S. The molecule has 0 aliphatic carbocycles. The van der Waals surface area contributed by atoms with E-state index in [9.17, 15) is 14.0 Å². The van der Waals surface area contributed by atoms with Gasteiger partial charge in [0.25, 0.3) is 0 Å². The molecule has 2 amide bonds. The van der Waals surface area contributed by atoms with E-state index in [1.165, 1.54) is 22.7 Å². The predicted molar refractivity (Wildman–Crippen MR) is 127 cm³/mol. The minimum absolute atomic E-state index is 0.00443. The second kappa shape index (κ2) is 12.3. The lowest BCUT2D eigenvalue weighted by atomic mass is 10.1. The Morgan fingerprint density at radius 2 is 1.77 bits per heavy atom. The molecule has 2 rings (SSSR count). The SMILES string of the molecule is CCC(C)NC(=O)C(C)N(Cc1ccccc1Cl)C(=O)CSCc1c(F)cccc1Cl. The number of nitrogens with one attached hydrogen (secondary N) is 1. The van der Waals surface area contributed by atoms with Gasteiger partial charge in [0.15, 0.2) is 0 Å². The molecule has 0 aromatic heterocycles. The summed E-state index contributed by atoms with van der Waals surface area (Å²) in [6, 6.07) is 11.0. The average Bonchev–Trinajstić information content (AvgIpc) is 2.74. The highest BCUT2D eigenvalue weighted by atomic mass is 35.5. The van der Waals surface area contributed by atoms with Gasteiger partial charge in [0.05, 0.1) is 5.75 Å². The van der Waals surface area contributed by atoms with E-state index < -0.39 is 11.9 Å². The Bertz CT molecular complexity index is 893. The zero-order chi connectivity index (χ0) is 23.0. The van der Waals surface area contributed by atoms with Crippen LogP contribution in [0.3, 0.4) is 0 Å².